The van der Waals surface area contributed by atoms with Gasteiger partial charge in [-0.05, 0) is 69.1 Å². The zero-order valence-electron chi connectivity index (χ0n) is 24.8. The van der Waals surface area contributed by atoms with Gasteiger partial charge < -0.3 is 4.90 Å². The summed E-state index contributed by atoms with van der Waals surface area (Å²) in [6.07, 6.45) is 0. The second-order valence-electron chi connectivity index (χ2n) is 12.0. The summed E-state index contributed by atoms with van der Waals surface area (Å²) in [6.45, 7) is 0. The highest BCUT2D eigenvalue weighted by Crippen LogP contribution is 2.55. The van der Waals surface area contributed by atoms with E-state index in [1.807, 2.05) is 0 Å². The predicted octanol–water partition coefficient (Wildman–Crippen LogP) is 12.5. The highest BCUT2D eigenvalue weighted by atomic mass is 32.1. The van der Waals surface area contributed by atoms with Gasteiger partial charge in [0.2, 0.25) is 0 Å². The number of para-hydroxylation sites is 1. The van der Waals surface area contributed by atoms with Gasteiger partial charge in [-0.25, -0.2) is 4.98 Å². The van der Waals surface area contributed by atoms with Crippen LogP contribution in [0.2, 0.25) is 0 Å². The van der Waals surface area contributed by atoms with Crippen molar-refractivity contribution >= 4 is 60.7 Å². The lowest BCUT2D eigenvalue weighted by molar-refractivity contribution is 1.30. The molecule has 2 nitrogen and oxygen atoms in total. The Kier molecular flexibility index (Phi) is 5.48. The van der Waals surface area contributed by atoms with Crippen LogP contribution in [0.4, 0.5) is 17.1 Å². The van der Waals surface area contributed by atoms with Crippen LogP contribution in [0.25, 0.3) is 75.7 Å². The molecule has 1 aromatic heterocycles. The highest BCUT2D eigenvalue weighted by Gasteiger charge is 2.29. The van der Waals surface area contributed by atoms with Gasteiger partial charge in [-0.15, -0.1) is 11.3 Å². The zero-order valence-corrected chi connectivity index (χ0v) is 25.6. The summed E-state index contributed by atoms with van der Waals surface area (Å²) in [5, 5.41) is 8.84. The molecule has 0 amide bonds. The van der Waals surface area contributed by atoms with E-state index >= 15 is 0 Å². The fourth-order valence-electron chi connectivity index (χ4n) is 7.30. The standard InChI is InChI=1S/C43H26N2S/c1-4-10-27(11-5-1)28-16-21-33(22-17-28)45(32-14-8-3-9-15-32)37-25-20-31-26-36-40-35(24-19-29-18-23-34(37)38(31)39(29)40)41-42(36)46-43(44-41)30-12-6-2-7-13-30/h1-26H. The van der Waals surface area contributed by atoms with Crippen molar-refractivity contribution < 1.29 is 0 Å². The molecule has 0 unspecified atom stereocenters. The summed E-state index contributed by atoms with van der Waals surface area (Å²) in [6, 6.07) is 56.9. The molecule has 10 rings (SSSR count). The van der Waals surface area contributed by atoms with E-state index in [2.05, 4.69) is 163 Å². The average Bonchev–Trinajstić information content (AvgIpc) is 3.69. The van der Waals surface area contributed by atoms with E-state index in [4.69, 9.17) is 4.98 Å². The van der Waals surface area contributed by atoms with Gasteiger partial charge in [0, 0.05) is 38.8 Å². The normalized spacial score (nSPS) is 11.9. The molecule has 1 heterocycles. The van der Waals surface area contributed by atoms with E-state index in [0.717, 1.165) is 22.1 Å². The number of hydrogen-bond acceptors (Lipinski definition) is 3. The number of nitrogens with zero attached hydrogens (tertiary/aromatic N) is 2. The Hall–Kier alpha value is -5.77. The van der Waals surface area contributed by atoms with Gasteiger partial charge in [0.15, 0.2) is 0 Å². The number of thiazole rings is 1. The first-order chi connectivity index (χ1) is 22.8. The summed E-state index contributed by atoms with van der Waals surface area (Å²) in [7, 11) is 0. The third-order valence-electron chi connectivity index (χ3n) is 9.38. The van der Waals surface area contributed by atoms with Gasteiger partial charge in [0.1, 0.15) is 5.01 Å². The molecule has 0 fully saturated rings. The third kappa shape index (κ3) is 3.73. The van der Waals surface area contributed by atoms with Gasteiger partial charge in [-0.2, -0.15) is 0 Å². The maximum absolute atomic E-state index is 5.21. The molecule has 0 spiro atoms. The van der Waals surface area contributed by atoms with Crippen LogP contribution in [-0.4, -0.2) is 4.98 Å². The van der Waals surface area contributed by atoms with Crippen LogP contribution in [0.15, 0.2) is 158 Å². The maximum atomic E-state index is 5.21. The van der Waals surface area contributed by atoms with E-state index < -0.39 is 0 Å². The molecule has 214 valence electrons. The van der Waals surface area contributed by atoms with E-state index in [1.54, 1.807) is 11.3 Å². The summed E-state index contributed by atoms with van der Waals surface area (Å²) in [5.74, 6) is 0. The van der Waals surface area contributed by atoms with Crippen molar-refractivity contribution in [3.8, 4) is 43.4 Å². The number of rotatable bonds is 5. The molecule has 1 aliphatic carbocycles. The molecule has 0 bridgehead atoms. The lowest BCUT2D eigenvalue weighted by Gasteiger charge is -2.28. The summed E-state index contributed by atoms with van der Waals surface area (Å²) >= 11 is 1.81. The summed E-state index contributed by atoms with van der Waals surface area (Å²) in [4.78, 5) is 8.88. The fourth-order valence-corrected chi connectivity index (χ4v) is 8.41. The Morgan fingerprint density at radius 3 is 1.85 bits per heavy atom. The van der Waals surface area contributed by atoms with Gasteiger partial charge in [-0.1, -0.05) is 121 Å². The number of anilines is 3. The molecule has 0 radical (unpaired) electrons. The van der Waals surface area contributed by atoms with Gasteiger partial charge in [0.25, 0.3) is 0 Å². The topological polar surface area (TPSA) is 16.1 Å². The number of fused-ring (bicyclic) bond motifs is 3. The molecule has 1 aliphatic rings. The molecule has 0 N–H and O–H groups in total. The molecular formula is C43H26N2S. The van der Waals surface area contributed by atoms with Crippen LogP contribution < -0.4 is 4.90 Å². The predicted molar refractivity (Wildman–Crippen MR) is 196 cm³/mol. The number of aromatic nitrogens is 1. The van der Waals surface area contributed by atoms with Crippen molar-refractivity contribution in [2.75, 3.05) is 4.90 Å². The van der Waals surface area contributed by atoms with E-state index in [0.29, 0.717) is 0 Å². The lowest BCUT2D eigenvalue weighted by atomic mass is 9.90. The Bertz CT molecular complexity index is 2550. The summed E-state index contributed by atoms with van der Waals surface area (Å²) in [5.41, 5.74) is 10.7. The molecule has 9 aromatic rings. The molecule has 8 aromatic carbocycles. The minimum atomic E-state index is 1.08. The first kappa shape index (κ1) is 25.5. The number of hydrogen-bond donors (Lipinski definition) is 0. The number of benzene rings is 8. The fraction of sp³-hybridized carbons (Fsp3) is 0. The molecular weight excluding hydrogens is 577 g/mol. The summed E-state index contributed by atoms with van der Waals surface area (Å²) < 4.78 is 0. The van der Waals surface area contributed by atoms with Gasteiger partial charge in [0.05, 0.1) is 16.3 Å². The van der Waals surface area contributed by atoms with Crippen LogP contribution in [-0.2, 0) is 0 Å². The van der Waals surface area contributed by atoms with Crippen LogP contribution in [0, 0.1) is 0 Å². The maximum Gasteiger partial charge on any atom is 0.124 e. The van der Waals surface area contributed by atoms with Crippen molar-refractivity contribution in [2.45, 2.75) is 0 Å². The second kappa shape index (κ2) is 9.87. The monoisotopic (exact) mass is 602 g/mol. The lowest BCUT2D eigenvalue weighted by Crippen LogP contribution is -2.10. The minimum Gasteiger partial charge on any atom is -0.310 e. The van der Waals surface area contributed by atoms with Crippen molar-refractivity contribution in [1.29, 1.82) is 0 Å². The van der Waals surface area contributed by atoms with Gasteiger partial charge in [-0.3, -0.25) is 0 Å². The minimum absolute atomic E-state index is 1.08. The van der Waals surface area contributed by atoms with Crippen LogP contribution >= 0.6 is 11.3 Å². The molecule has 46 heavy (non-hydrogen) atoms. The van der Waals surface area contributed by atoms with Crippen molar-refractivity contribution in [2.24, 2.45) is 0 Å². The zero-order chi connectivity index (χ0) is 30.2. The largest absolute Gasteiger partial charge is 0.310 e. The Labute approximate surface area is 270 Å². The van der Waals surface area contributed by atoms with E-state index in [1.165, 1.54) is 70.7 Å². The third-order valence-corrected chi connectivity index (χ3v) is 10.5. The molecule has 0 saturated carbocycles. The van der Waals surface area contributed by atoms with Crippen molar-refractivity contribution in [1.82, 2.24) is 4.98 Å². The average molecular weight is 603 g/mol. The quantitative estimate of drug-likeness (QED) is 0.182. The van der Waals surface area contributed by atoms with Crippen molar-refractivity contribution in [3.05, 3.63) is 158 Å². The highest BCUT2D eigenvalue weighted by molar-refractivity contribution is 7.19. The SMILES string of the molecule is c1ccc(-c2ccc(N(c3ccccc3)c3ccc4cc5c6c(ccc7ccc3c4c76)-c3nc(-c4ccccc4)sc3-5)cc2)cc1. The van der Waals surface area contributed by atoms with E-state index in [-0.39, 0.29) is 0 Å². The molecule has 3 heteroatoms. The molecule has 0 atom stereocenters. The smallest absolute Gasteiger partial charge is 0.124 e. The second-order valence-corrected chi connectivity index (χ2v) is 13.0. The Balaban J connectivity index is 1.18. The van der Waals surface area contributed by atoms with E-state index in [9.17, 15) is 0 Å². The van der Waals surface area contributed by atoms with Gasteiger partial charge >= 0.3 is 0 Å². The van der Waals surface area contributed by atoms with Crippen LogP contribution in [0.5, 0.6) is 0 Å². The van der Waals surface area contributed by atoms with Crippen LogP contribution in [0.3, 0.4) is 0 Å². The first-order valence-electron chi connectivity index (χ1n) is 15.6. The Morgan fingerprint density at radius 1 is 0.457 bits per heavy atom. The van der Waals surface area contributed by atoms with Crippen molar-refractivity contribution in [3.63, 3.8) is 0 Å². The molecule has 0 saturated heterocycles. The first-order valence-corrected chi connectivity index (χ1v) is 16.5. The Morgan fingerprint density at radius 2 is 1.09 bits per heavy atom. The molecule has 0 aliphatic heterocycles. The van der Waals surface area contributed by atoms with Crippen LogP contribution in [0.1, 0.15) is 0 Å².